The van der Waals surface area contributed by atoms with E-state index in [0.717, 1.165) is 29.3 Å². The van der Waals surface area contributed by atoms with Crippen LogP contribution in [0.25, 0.3) is 0 Å². The lowest BCUT2D eigenvalue weighted by Gasteiger charge is -2.23. The normalized spacial score (nSPS) is 33.2. The van der Waals surface area contributed by atoms with Gasteiger partial charge in [0.1, 0.15) is 11.5 Å². The number of nitrogens with one attached hydrogen (secondary N) is 1. The van der Waals surface area contributed by atoms with E-state index in [1.807, 2.05) is 13.0 Å². The van der Waals surface area contributed by atoms with E-state index in [4.69, 9.17) is 4.42 Å². The van der Waals surface area contributed by atoms with Crippen molar-refractivity contribution < 1.29 is 4.42 Å². The van der Waals surface area contributed by atoms with Crippen molar-refractivity contribution in [2.75, 3.05) is 6.54 Å². The van der Waals surface area contributed by atoms with Crippen molar-refractivity contribution in [3.8, 4) is 0 Å². The zero-order valence-corrected chi connectivity index (χ0v) is 10.9. The molecule has 4 atom stereocenters. The van der Waals surface area contributed by atoms with E-state index < -0.39 is 0 Å². The van der Waals surface area contributed by atoms with Gasteiger partial charge in [0.05, 0.1) is 6.04 Å². The van der Waals surface area contributed by atoms with Crippen LogP contribution >= 0.6 is 0 Å². The van der Waals surface area contributed by atoms with Gasteiger partial charge in [-0.05, 0) is 69.5 Å². The molecule has 2 saturated carbocycles. The van der Waals surface area contributed by atoms with Crippen LogP contribution in [0.5, 0.6) is 0 Å². The first-order valence-electron chi connectivity index (χ1n) is 7.02. The molecule has 17 heavy (non-hydrogen) atoms. The topological polar surface area (TPSA) is 25.2 Å². The number of fused-ring (bicyclic) bond motifs is 2. The van der Waals surface area contributed by atoms with E-state index in [1.165, 1.54) is 32.2 Å². The van der Waals surface area contributed by atoms with Gasteiger partial charge in [0, 0.05) is 0 Å². The van der Waals surface area contributed by atoms with Gasteiger partial charge in [0.2, 0.25) is 0 Å². The molecule has 0 aromatic carbocycles. The van der Waals surface area contributed by atoms with Crippen LogP contribution in [0.4, 0.5) is 0 Å². The highest BCUT2D eigenvalue weighted by molar-refractivity contribution is 5.09. The SMILES string of the molecule is Cc1ccc(C(C)NCC2CC3CCC2C3)o1. The van der Waals surface area contributed by atoms with Gasteiger partial charge >= 0.3 is 0 Å². The summed E-state index contributed by atoms with van der Waals surface area (Å²) in [5, 5.41) is 3.65. The van der Waals surface area contributed by atoms with Gasteiger partial charge in [-0.3, -0.25) is 0 Å². The van der Waals surface area contributed by atoms with E-state index in [1.54, 1.807) is 0 Å². The summed E-state index contributed by atoms with van der Waals surface area (Å²) in [6.07, 6.45) is 5.93. The molecule has 0 saturated heterocycles. The molecular formula is C15H23NO. The third-order valence-electron chi connectivity index (χ3n) is 4.76. The first-order chi connectivity index (χ1) is 8.22. The van der Waals surface area contributed by atoms with Crippen LogP contribution in [-0.4, -0.2) is 6.54 Å². The summed E-state index contributed by atoms with van der Waals surface area (Å²) in [5.41, 5.74) is 0. The van der Waals surface area contributed by atoms with E-state index in [9.17, 15) is 0 Å². The van der Waals surface area contributed by atoms with Crippen LogP contribution in [0.1, 0.15) is 50.2 Å². The van der Waals surface area contributed by atoms with Crippen molar-refractivity contribution in [2.45, 2.75) is 45.6 Å². The van der Waals surface area contributed by atoms with Crippen molar-refractivity contribution in [3.63, 3.8) is 0 Å². The fourth-order valence-electron chi connectivity index (χ4n) is 3.74. The first kappa shape index (κ1) is 11.3. The molecule has 2 nitrogen and oxygen atoms in total. The zero-order chi connectivity index (χ0) is 11.8. The van der Waals surface area contributed by atoms with Crippen molar-refractivity contribution in [3.05, 3.63) is 23.7 Å². The monoisotopic (exact) mass is 233 g/mol. The smallest absolute Gasteiger partial charge is 0.120 e. The minimum atomic E-state index is 0.350. The average molecular weight is 233 g/mol. The van der Waals surface area contributed by atoms with Crippen LogP contribution < -0.4 is 5.32 Å². The largest absolute Gasteiger partial charge is 0.465 e. The molecule has 3 rings (SSSR count). The molecule has 2 heteroatoms. The van der Waals surface area contributed by atoms with Gasteiger partial charge in [-0.15, -0.1) is 0 Å². The Morgan fingerprint density at radius 2 is 2.24 bits per heavy atom. The fraction of sp³-hybridized carbons (Fsp3) is 0.733. The van der Waals surface area contributed by atoms with Crippen LogP contribution in [0, 0.1) is 24.7 Å². The number of hydrogen-bond donors (Lipinski definition) is 1. The van der Waals surface area contributed by atoms with E-state index in [2.05, 4.69) is 18.3 Å². The molecule has 4 unspecified atom stereocenters. The fourth-order valence-corrected chi connectivity index (χ4v) is 3.74. The van der Waals surface area contributed by atoms with Gasteiger partial charge in [-0.2, -0.15) is 0 Å². The molecule has 2 aliphatic rings. The number of furan rings is 1. The number of aryl methyl sites for hydroxylation is 1. The number of hydrogen-bond acceptors (Lipinski definition) is 2. The van der Waals surface area contributed by atoms with Crippen LogP contribution in [0.2, 0.25) is 0 Å². The summed E-state index contributed by atoms with van der Waals surface area (Å²) in [6, 6.07) is 4.49. The lowest BCUT2D eigenvalue weighted by Crippen LogP contribution is -2.28. The van der Waals surface area contributed by atoms with Crippen LogP contribution in [0.15, 0.2) is 16.5 Å². The minimum absolute atomic E-state index is 0.350. The third kappa shape index (κ3) is 2.28. The molecule has 94 valence electrons. The quantitative estimate of drug-likeness (QED) is 0.858. The van der Waals surface area contributed by atoms with Crippen LogP contribution in [0.3, 0.4) is 0 Å². The highest BCUT2D eigenvalue weighted by atomic mass is 16.3. The van der Waals surface area contributed by atoms with Crippen molar-refractivity contribution in [1.29, 1.82) is 0 Å². The lowest BCUT2D eigenvalue weighted by atomic mass is 9.88. The summed E-state index contributed by atoms with van der Waals surface area (Å²) in [5.74, 6) is 5.07. The standard InChI is InChI=1S/C15H23NO/c1-10-3-6-15(17-10)11(2)16-9-14-8-12-4-5-13(14)7-12/h3,6,11-14,16H,4-5,7-9H2,1-2H3. The second kappa shape index (κ2) is 4.49. The molecular weight excluding hydrogens is 210 g/mol. The Hall–Kier alpha value is -0.760. The maximum Gasteiger partial charge on any atom is 0.120 e. The lowest BCUT2D eigenvalue weighted by molar-refractivity contribution is 0.300. The maximum atomic E-state index is 5.66. The van der Waals surface area contributed by atoms with Gasteiger partial charge < -0.3 is 9.73 Å². The van der Waals surface area contributed by atoms with Gasteiger partial charge in [0.15, 0.2) is 0 Å². The Labute approximate surface area is 104 Å². The molecule has 1 aromatic rings. The second-order valence-corrected chi connectivity index (χ2v) is 6.01. The van der Waals surface area contributed by atoms with Crippen molar-refractivity contribution >= 4 is 0 Å². The molecule has 2 fully saturated rings. The molecule has 1 N–H and O–H groups in total. The Bertz CT molecular complexity index is 384. The molecule has 1 aromatic heterocycles. The van der Waals surface area contributed by atoms with Crippen molar-refractivity contribution in [1.82, 2.24) is 5.32 Å². The van der Waals surface area contributed by atoms with E-state index in [-0.39, 0.29) is 0 Å². The van der Waals surface area contributed by atoms with Gasteiger partial charge in [0.25, 0.3) is 0 Å². The maximum absolute atomic E-state index is 5.66. The summed E-state index contributed by atoms with van der Waals surface area (Å²) in [4.78, 5) is 0. The minimum Gasteiger partial charge on any atom is -0.465 e. The van der Waals surface area contributed by atoms with Gasteiger partial charge in [-0.25, -0.2) is 0 Å². The van der Waals surface area contributed by atoms with E-state index in [0.29, 0.717) is 6.04 Å². The van der Waals surface area contributed by atoms with E-state index >= 15 is 0 Å². The predicted molar refractivity (Wildman–Crippen MR) is 68.8 cm³/mol. The Morgan fingerprint density at radius 3 is 2.82 bits per heavy atom. The molecule has 0 spiro atoms. The van der Waals surface area contributed by atoms with Crippen LogP contribution in [-0.2, 0) is 0 Å². The van der Waals surface area contributed by atoms with Crippen molar-refractivity contribution in [2.24, 2.45) is 17.8 Å². The molecule has 0 amide bonds. The Morgan fingerprint density at radius 1 is 1.35 bits per heavy atom. The average Bonchev–Trinajstić information content (AvgIpc) is 3.01. The summed E-state index contributed by atoms with van der Waals surface area (Å²) in [7, 11) is 0. The Balaban J connectivity index is 1.51. The van der Waals surface area contributed by atoms with Gasteiger partial charge in [-0.1, -0.05) is 6.42 Å². The molecule has 2 aliphatic carbocycles. The molecule has 0 radical (unpaired) electrons. The second-order valence-electron chi connectivity index (χ2n) is 6.01. The highest BCUT2D eigenvalue weighted by Gasteiger charge is 2.39. The molecule has 2 bridgehead atoms. The first-order valence-corrected chi connectivity index (χ1v) is 7.02. The third-order valence-corrected chi connectivity index (χ3v) is 4.76. The summed E-state index contributed by atoms with van der Waals surface area (Å²) < 4.78 is 5.66. The highest BCUT2D eigenvalue weighted by Crippen LogP contribution is 2.48. The zero-order valence-electron chi connectivity index (χ0n) is 10.9. The summed E-state index contributed by atoms with van der Waals surface area (Å²) >= 11 is 0. The summed E-state index contributed by atoms with van der Waals surface area (Å²) in [6.45, 7) is 5.37. The molecule has 1 heterocycles. The molecule has 0 aliphatic heterocycles. The predicted octanol–water partition coefficient (Wildman–Crippen LogP) is 3.67. The Kier molecular flexibility index (Phi) is 2.99. The number of rotatable bonds is 4.